The molecule has 0 saturated heterocycles. The Balaban J connectivity index is 2.81. The van der Waals surface area contributed by atoms with Crippen molar-refractivity contribution in [3.05, 3.63) is 35.9 Å². The van der Waals surface area contributed by atoms with Gasteiger partial charge in [-0.2, -0.15) is 5.26 Å². The zero-order chi connectivity index (χ0) is 11.3. The van der Waals surface area contributed by atoms with Crippen LogP contribution >= 0.6 is 0 Å². The van der Waals surface area contributed by atoms with Gasteiger partial charge in [0.15, 0.2) is 5.60 Å². The molecule has 0 aliphatic heterocycles. The molecule has 0 aliphatic rings. The van der Waals surface area contributed by atoms with Crippen LogP contribution in [0.3, 0.4) is 0 Å². The van der Waals surface area contributed by atoms with E-state index < -0.39 is 11.6 Å². The third-order valence-corrected chi connectivity index (χ3v) is 2.39. The summed E-state index contributed by atoms with van der Waals surface area (Å²) in [7, 11) is 0. The lowest BCUT2D eigenvalue weighted by molar-refractivity contribution is -0.251. The van der Waals surface area contributed by atoms with E-state index in [0.29, 0.717) is 0 Å². The standard InChI is InChI=1S/C11H14O4/c1-2-11(13,10(12)15-14)8-9-6-4-3-5-7-9/h3-7,13-14H,2,8H2,1H3. The van der Waals surface area contributed by atoms with Crippen molar-refractivity contribution in [1.29, 1.82) is 0 Å². The molecule has 1 unspecified atom stereocenters. The maximum atomic E-state index is 11.1. The topological polar surface area (TPSA) is 66.8 Å². The van der Waals surface area contributed by atoms with E-state index in [9.17, 15) is 9.90 Å². The summed E-state index contributed by atoms with van der Waals surface area (Å²) in [6, 6.07) is 9.07. The molecule has 0 bridgehead atoms. The van der Waals surface area contributed by atoms with Crippen LogP contribution in [0.2, 0.25) is 0 Å². The highest BCUT2D eigenvalue weighted by molar-refractivity contribution is 5.79. The van der Waals surface area contributed by atoms with Crippen molar-refractivity contribution < 1.29 is 20.0 Å². The summed E-state index contributed by atoms with van der Waals surface area (Å²) in [5, 5.41) is 18.2. The fourth-order valence-electron chi connectivity index (χ4n) is 1.36. The molecule has 1 atom stereocenters. The molecule has 4 heteroatoms. The van der Waals surface area contributed by atoms with Crippen LogP contribution in [0.5, 0.6) is 0 Å². The monoisotopic (exact) mass is 210 g/mol. The van der Waals surface area contributed by atoms with Gasteiger partial charge < -0.3 is 5.11 Å². The molecule has 0 saturated carbocycles. The summed E-state index contributed by atoms with van der Waals surface area (Å²) < 4.78 is 0. The second kappa shape index (κ2) is 4.91. The van der Waals surface area contributed by atoms with Crippen molar-refractivity contribution in [1.82, 2.24) is 0 Å². The fourth-order valence-corrected chi connectivity index (χ4v) is 1.36. The summed E-state index contributed by atoms with van der Waals surface area (Å²) in [6.07, 6.45) is 0.311. The molecule has 15 heavy (non-hydrogen) atoms. The summed E-state index contributed by atoms with van der Waals surface area (Å²) in [5.41, 5.74) is -0.844. The summed E-state index contributed by atoms with van der Waals surface area (Å²) >= 11 is 0. The van der Waals surface area contributed by atoms with Crippen LogP contribution in [0.4, 0.5) is 0 Å². The Morgan fingerprint density at radius 1 is 1.40 bits per heavy atom. The third kappa shape index (κ3) is 2.78. The van der Waals surface area contributed by atoms with E-state index in [1.54, 1.807) is 19.1 Å². The molecule has 1 aromatic carbocycles. The third-order valence-electron chi connectivity index (χ3n) is 2.39. The molecule has 1 aromatic rings. The lowest BCUT2D eigenvalue weighted by atomic mass is 9.92. The maximum absolute atomic E-state index is 11.1. The number of hydrogen-bond acceptors (Lipinski definition) is 4. The molecule has 0 heterocycles. The Bertz CT molecular complexity index is 323. The first-order chi connectivity index (χ1) is 7.12. The van der Waals surface area contributed by atoms with Gasteiger partial charge in [-0.05, 0) is 12.0 Å². The predicted octanol–water partition coefficient (Wildman–Crippen LogP) is 1.39. The van der Waals surface area contributed by atoms with Crippen LogP contribution in [0, 0.1) is 0 Å². The minimum atomic E-state index is -1.66. The first-order valence-electron chi connectivity index (χ1n) is 4.74. The molecule has 0 fully saturated rings. The second-order valence-electron chi connectivity index (χ2n) is 3.43. The SMILES string of the molecule is CCC(O)(Cc1ccccc1)C(=O)OO. The smallest absolute Gasteiger partial charge is 0.373 e. The van der Waals surface area contributed by atoms with Crippen molar-refractivity contribution in [2.75, 3.05) is 0 Å². The van der Waals surface area contributed by atoms with Crippen molar-refractivity contribution in [2.45, 2.75) is 25.4 Å². The number of carbonyl (C=O) groups is 1. The largest absolute Gasteiger partial charge is 0.378 e. The first-order valence-corrected chi connectivity index (χ1v) is 4.74. The lowest BCUT2D eigenvalue weighted by Gasteiger charge is -2.22. The Morgan fingerprint density at radius 3 is 2.47 bits per heavy atom. The average Bonchev–Trinajstić information content (AvgIpc) is 2.29. The van der Waals surface area contributed by atoms with Gasteiger partial charge in [0.1, 0.15) is 0 Å². The Morgan fingerprint density at radius 2 is 2.00 bits per heavy atom. The molecule has 0 radical (unpaired) electrons. The Hall–Kier alpha value is -1.39. The molecule has 82 valence electrons. The fraction of sp³-hybridized carbons (Fsp3) is 0.364. The van der Waals surface area contributed by atoms with E-state index >= 15 is 0 Å². The van der Waals surface area contributed by atoms with Crippen molar-refractivity contribution in [2.24, 2.45) is 0 Å². The minimum Gasteiger partial charge on any atom is -0.378 e. The van der Waals surface area contributed by atoms with Crippen LogP contribution in [0.1, 0.15) is 18.9 Å². The van der Waals surface area contributed by atoms with E-state index in [0.717, 1.165) is 5.56 Å². The van der Waals surface area contributed by atoms with E-state index in [4.69, 9.17) is 5.26 Å². The van der Waals surface area contributed by atoms with Gasteiger partial charge in [0.25, 0.3) is 0 Å². The highest BCUT2D eigenvalue weighted by Gasteiger charge is 2.36. The second-order valence-corrected chi connectivity index (χ2v) is 3.43. The summed E-state index contributed by atoms with van der Waals surface area (Å²) in [6.45, 7) is 1.65. The van der Waals surface area contributed by atoms with Crippen LogP contribution in [0.15, 0.2) is 30.3 Å². The number of hydrogen-bond donors (Lipinski definition) is 2. The van der Waals surface area contributed by atoms with E-state index in [-0.39, 0.29) is 12.8 Å². The molecular weight excluding hydrogens is 196 g/mol. The maximum Gasteiger partial charge on any atom is 0.373 e. The van der Waals surface area contributed by atoms with Gasteiger partial charge in [-0.3, -0.25) is 4.89 Å². The Kier molecular flexibility index (Phi) is 3.82. The predicted molar refractivity (Wildman–Crippen MR) is 54.1 cm³/mol. The van der Waals surface area contributed by atoms with Crippen LogP contribution in [-0.4, -0.2) is 21.9 Å². The molecule has 0 aromatic heterocycles. The van der Waals surface area contributed by atoms with Crippen molar-refractivity contribution in [3.8, 4) is 0 Å². The highest BCUT2D eigenvalue weighted by Crippen LogP contribution is 2.18. The van der Waals surface area contributed by atoms with Gasteiger partial charge in [-0.25, -0.2) is 4.79 Å². The molecule has 0 aliphatic carbocycles. The highest BCUT2D eigenvalue weighted by atomic mass is 17.1. The van der Waals surface area contributed by atoms with Gasteiger partial charge >= 0.3 is 5.97 Å². The van der Waals surface area contributed by atoms with Gasteiger partial charge in [0.2, 0.25) is 0 Å². The van der Waals surface area contributed by atoms with Gasteiger partial charge in [0.05, 0.1) is 0 Å². The van der Waals surface area contributed by atoms with Crippen molar-refractivity contribution in [3.63, 3.8) is 0 Å². The number of carbonyl (C=O) groups excluding carboxylic acids is 1. The summed E-state index contributed by atoms with van der Waals surface area (Å²) in [5.74, 6) is -1.02. The van der Waals surface area contributed by atoms with Crippen LogP contribution < -0.4 is 0 Å². The number of aliphatic hydroxyl groups is 1. The van der Waals surface area contributed by atoms with Gasteiger partial charge in [-0.1, -0.05) is 37.3 Å². The minimum absolute atomic E-state index is 0.129. The van der Waals surface area contributed by atoms with Crippen LogP contribution in [0.25, 0.3) is 0 Å². The number of rotatable bonds is 4. The molecular formula is C11H14O4. The molecule has 0 spiro atoms. The van der Waals surface area contributed by atoms with Gasteiger partial charge in [-0.15, -0.1) is 0 Å². The Labute approximate surface area is 88.0 Å². The average molecular weight is 210 g/mol. The molecule has 1 rings (SSSR count). The summed E-state index contributed by atoms with van der Waals surface area (Å²) in [4.78, 5) is 14.7. The molecule has 2 N–H and O–H groups in total. The quantitative estimate of drug-likeness (QED) is 0.582. The van der Waals surface area contributed by atoms with Crippen LogP contribution in [-0.2, 0) is 16.1 Å². The van der Waals surface area contributed by atoms with Crippen molar-refractivity contribution >= 4 is 5.97 Å². The van der Waals surface area contributed by atoms with Gasteiger partial charge in [0, 0.05) is 6.42 Å². The normalized spacial score (nSPS) is 14.3. The molecule has 0 amide bonds. The lowest BCUT2D eigenvalue weighted by Crippen LogP contribution is -2.41. The van der Waals surface area contributed by atoms with E-state index in [1.807, 2.05) is 18.2 Å². The van der Waals surface area contributed by atoms with E-state index in [1.165, 1.54) is 0 Å². The zero-order valence-corrected chi connectivity index (χ0v) is 8.51. The molecule has 4 nitrogen and oxygen atoms in total. The van der Waals surface area contributed by atoms with E-state index in [2.05, 4.69) is 4.89 Å². The zero-order valence-electron chi connectivity index (χ0n) is 8.51. The first kappa shape index (κ1) is 11.7. The number of benzene rings is 1.